The Bertz CT molecular complexity index is 811. The first-order valence-corrected chi connectivity index (χ1v) is 8.61. The highest BCUT2D eigenvalue weighted by Gasteiger charge is 2.31. The fraction of sp³-hybridized carbons (Fsp3) is 0.421. The Kier molecular flexibility index (Phi) is 3.71. The van der Waals surface area contributed by atoms with Crippen molar-refractivity contribution in [2.75, 3.05) is 11.9 Å². The summed E-state index contributed by atoms with van der Waals surface area (Å²) >= 11 is 0. The minimum atomic E-state index is -0.0738. The van der Waals surface area contributed by atoms with E-state index in [9.17, 15) is 4.79 Å². The van der Waals surface area contributed by atoms with Gasteiger partial charge in [0.2, 0.25) is 0 Å². The summed E-state index contributed by atoms with van der Waals surface area (Å²) in [6.45, 7) is 5.58. The van der Waals surface area contributed by atoms with Crippen molar-refractivity contribution < 1.29 is 4.79 Å². The van der Waals surface area contributed by atoms with Crippen LogP contribution in [0.3, 0.4) is 0 Å². The molecule has 0 saturated heterocycles. The molecule has 24 heavy (non-hydrogen) atoms. The molecule has 5 nitrogen and oxygen atoms in total. The minimum absolute atomic E-state index is 0.0738. The molecule has 1 aromatic carbocycles. The summed E-state index contributed by atoms with van der Waals surface area (Å²) in [5.74, 6) is 1.99. The van der Waals surface area contributed by atoms with Crippen LogP contribution in [-0.4, -0.2) is 22.4 Å². The number of fused-ring (bicyclic) bond motifs is 1. The van der Waals surface area contributed by atoms with Crippen LogP contribution in [0.25, 0.3) is 0 Å². The lowest BCUT2D eigenvalue weighted by Crippen LogP contribution is -2.34. The monoisotopic (exact) mass is 322 g/mol. The normalized spacial score (nSPS) is 16.5. The van der Waals surface area contributed by atoms with E-state index in [1.807, 2.05) is 0 Å². The van der Waals surface area contributed by atoms with Crippen LogP contribution in [-0.2, 0) is 13.0 Å². The zero-order valence-corrected chi connectivity index (χ0v) is 14.1. The zero-order chi connectivity index (χ0) is 16.7. The van der Waals surface area contributed by atoms with E-state index in [0.717, 1.165) is 36.5 Å². The van der Waals surface area contributed by atoms with Crippen LogP contribution in [0.5, 0.6) is 0 Å². The van der Waals surface area contributed by atoms with Crippen LogP contribution >= 0.6 is 0 Å². The summed E-state index contributed by atoms with van der Waals surface area (Å²) in [6.07, 6.45) is 3.02. The van der Waals surface area contributed by atoms with Crippen LogP contribution in [0.1, 0.15) is 57.3 Å². The molecular formula is C19H22N4O. The standard InChI is InChI=1S/C19H22N4O/c1-11-3-4-12(2)14(9-11)10-21-18-15-7-8-20-19(24)16(15)22-17(23-18)13-5-6-13/h3-4,9,13H,5-8,10H2,1-2H3,(H,20,24)(H,21,22,23). The van der Waals surface area contributed by atoms with Crippen LogP contribution < -0.4 is 10.6 Å². The van der Waals surface area contributed by atoms with Crippen LogP contribution in [0, 0.1) is 13.8 Å². The van der Waals surface area contributed by atoms with E-state index in [-0.39, 0.29) is 5.91 Å². The second kappa shape index (κ2) is 5.89. The third kappa shape index (κ3) is 2.86. The maximum Gasteiger partial charge on any atom is 0.270 e. The van der Waals surface area contributed by atoms with Gasteiger partial charge in [-0.2, -0.15) is 0 Å². The Morgan fingerprint density at radius 1 is 1.25 bits per heavy atom. The van der Waals surface area contributed by atoms with Crippen LogP contribution in [0.15, 0.2) is 18.2 Å². The number of aryl methyl sites for hydroxylation is 2. The number of rotatable bonds is 4. The number of hydrogen-bond acceptors (Lipinski definition) is 4. The van der Waals surface area contributed by atoms with Gasteiger partial charge in [0.1, 0.15) is 17.3 Å². The molecule has 1 amide bonds. The molecule has 0 atom stereocenters. The maximum atomic E-state index is 12.2. The Morgan fingerprint density at radius 2 is 2.08 bits per heavy atom. The summed E-state index contributed by atoms with van der Waals surface area (Å²) in [6, 6.07) is 6.47. The molecule has 1 aliphatic carbocycles. The number of hydrogen-bond donors (Lipinski definition) is 2. The molecule has 124 valence electrons. The van der Waals surface area contributed by atoms with E-state index in [2.05, 4.69) is 47.7 Å². The lowest BCUT2D eigenvalue weighted by molar-refractivity contribution is 0.0940. The summed E-state index contributed by atoms with van der Waals surface area (Å²) in [4.78, 5) is 21.5. The molecule has 0 spiro atoms. The van der Waals surface area contributed by atoms with E-state index in [0.29, 0.717) is 24.7 Å². The molecule has 0 bridgehead atoms. The van der Waals surface area contributed by atoms with Crippen molar-refractivity contribution in [3.63, 3.8) is 0 Å². The van der Waals surface area contributed by atoms with Crippen LogP contribution in [0.4, 0.5) is 5.82 Å². The second-order valence-electron chi connectivity index (χ2n) is 6.82. The Balaban J connectivity index is 1.66. The van der Waals surface area contributed by atoms with E-state index in [4.69, 9.17) is 4.98 Å². The van der Waals surface area contributed by atoms with Gasteiger partial charge in [0.05, 0.1) is 0 Å². The molecule has 4 rings (SSSR count). The molecule has 2 aliphatic rings. The average Bonchev–Trinajstić information content (AvgIpc) is 3.41. The van der Waals surface area contributed by atoms with Crippen molar-refractivity contribution in [1.82, 2.24) is 15.3 Å². The van der Waals surface area contributed by atoms with Gasteiger partial charge in [-0.05, 0) is 44.2 Å². The first-order chi connectivity index (χ1) is 11.6. The third-order valence-electron chi connectivity index (χ3n) is 4.79. The van der Waals surface area contributed by atoms with Crippen molar-refractivity contribution in [3.8, 4) is 0 Å². The predicted octanol–water partition coefficient (Wildman–Crippen LogP) is 2.87. The first kappa shape index (κ1) is 15.1. The molecule has 1 fully saturated rings. The van der Waals surface area contributed by atoms with Crippen molar-refractivity contribution >= 4 is 11.7 Å². The van der Waals surface area contributed by atoms with Crippen molar-refractivity contribution in [1.29, 1.82) is 0 Å². The Labute approximate surface area is 141 Å². The maximum absolute atomic E-state index is 12.2. The highest BCUT2D eigenvalue weighted by molar-refractivity contribution is 5.96. The topological polar surface area (TPSA) is 66.9 Å². The average molecular weight is 322 g/mol. The van der Waals surface area contributed by atoms with Crippen molar-refractivity contribution in [3.05, 3.63) is 52.0 Å². The summed E-state index contributed by atoms with van der Waals surface area (Å²) in [5, 5.41) is 6.35. The molecule has 5 heteroatoms. The number of carbonyl (C=O) groups excluding carboxylic acids is 1. The van der Waals surface area contributed by atoms with Gasteiger partial charge in [-0.1, -0.05) is 23.8 Å². The molecule has 1 saturated carbocycles. The SMILES string of the molecule is Cc1ccc(C)c(CNc2nc(C3CC3)nc3c2CCNC3=O)c1. The summed E-state index contributed by atoms with van der Waals surface area (Å²) < 4.78 is 0. The molecule has 2 N–H and O–H groups in total. The number of nitrogens with one attached hydrogen (secondary N) is 2. The van der Waals surface area contributed by atoms with E-state index >= 15 is 0 Å². The van der Waals surface area contributed by atoms with Crippen molar-refractivity contribution in [2.45, 2.75) is 45.6 Å². The van der Waals surface area contributed by atoms with Gasteiger partial charge in [-0.25, -0.2) is 9.97 Å². The zero-order valence-electron chi connectivity index (χ0n) is 14.1. The van der Waals surface area contributed by atoms with Crippen LogP contribution in [0.2, 0.25) is 0 Å². The van der Waals surface area contributed by atoms with Gasteiger partial charge in [-0.15, -0.1) is 0 Å². The van der Waals surface area contributed by atoms with E-state index in [1.165, 1.54) is 16.7 Å². The van der Waals surface area contributed by atoms with Gasteiger partial charge < -0.3 is 10.6 Å². The molecule has 1 aliphatic heterocycles. The van der Waals surface area contributed by atoms with Gasteiger partial charge >= 0.3 is 0 Å². The van der Waals surface area contributed by atoms with Gasteiger partial charge in [0.25, 0.3) is 5.91 Å². The number of carbonyl (C=O) groups is 1. The van der Waals surface area contributed by atoms with E-state index < -0.39 is 0 Å². The lowest BCUT2D eigenvalue weighted by Gasteiger charge is -2.20. The Hall–Kier alpha value is -2.43. The lowest BCUT2D eigenvalue weighted by atomic mass is 10.0. The highest BCUT2D eigenvalue weighted by Crippen LogP contribution is 2.39. The Morgan fingerprint density at radius 3 is 2.88 bits per heavy atom. The first-order valence-electron chi connectivity index (χ1n) is 8.61. The molecular weight excluding hydrogens is 300 g/mol. The van der Waals surface area contributed by atoms with E-state index in [1.54, 1.807) is 0 Å². The number of anilines is 1. The molecule has 0 radical (unpaired) electrons. The van der Waals surface area contributed by atoms with Crippen molar-refractivity contribution in [2.24, 2.45) is 0 Å². The highest BCUT2D eigenvalue weighted by atomic mass is 16.1. The fourth-order valence-electron chi connectivity index (χ4n) is 3.15. The fourth-order valence-corrected chi connectivity index (χ4v) is 3.15. The minimum Gasteiger partial charge on any atom is -0.366 e. The molecule has 1 aromatic heterocycles. The quantitative estimate of drug-likeness (QED) is 0.908. The largest absolute Gasteiger partial charge is 0.366 e. The summed E-state index contributed by atoms with van der Waals surface area (Å²) in [7, 11) is 0. The molecule has 2 aromatic rings. The third-order valence-corrected chi connectivity index (χ3v) is 4.79. The van der Waals surface area contributed by atoms with Gasteiger partial charge in [-0.3, -0.25) is 4.79 Å². The van der Waals surface area contributed by atoms with Gasteiger partial charge in [0, 0.05) is 24.6 Å². The molecule has 0 unspecified atom stereocenters. The second-order valence-corrected chi connectivity index (χ2v) is 6.82. The summed E-state index contributed by atoms with van der Waals surface area (Å²) in [5.41, 5.74) is 5.28. The number of benzene rings is 1. The smallest absolute Gasteiger partial charge is 0.270 e. The molecule has 2 heterocycles. The number of nitrogens with zero attached hydrogens (tertiary/aromatic N) is 2. The number of amides is 1. The van der Waals surface area contributed by atoms with Gasteiger partial charge in [0.15, 0.2) is 0 Å². The predicted molar refractivity (Wildman–Crippen MR) is 93.3 cm³/mol. The number of aromatic nitrogens is 2.